The average molecular weight is 688 g/mol. The number of anilines is 1. The van der Waals surface area contributed by atoms with Crippen LogP contribution >= 0.6 is 11.6 Å². The lowest BCUT2D eigenvalue weighted by Gasteiger charge is -2.46. The van der Waals surface area contributed by atoms with Crippen molar-refractivity contribution in [1.82, 2.24) is 4.72 Å². The number of methoxy groups -OCH3 is 1. The Kier molecular flexibility index (Phi) is 11.6. The molecule has 6 atom stereocenters. The van der Waals surface area contributed by atoms with Gasteiger partial charge < -0.3 is 24.9 Å². The van der Waals surface area contributed by atoms with Crippen molar-refractivity contribution in [3.8, 4) is 5.75 Å². The molecular weight excluding hydrogens is 638 g/mol. The van der Waals surface area contributed by atoms with Gasteiger partial charge >= 0.3 is 0 Å². The Bertz CT molecular complexity index is 1530. The predicted octanol–water partition coefficient (Wildman–Crippen LogP) is 5.51. The molecule has 3 N–H and O–H groups in total. The van der Waals surface area contributed by atoms with Crippen LogP contribution in [0, 0.1) is 23.7 Å². The van der Waals surface area contributed by atoms with Gasteiger partial charge in [0.2, 0.25) is 10.0 Å². The number of carbonyl (C=O) groups is 2. The number of halogens is 1. The SMILES string of the molecule is COCCN.C[C@@H]1[C@@H](C)CCC[C@@H](C=O)[C@@H]2CC[C@H]2CN2C[C@@]3(CCCc4cc(Cl)ccc43)COc3ccc(cc32)C(=O)NS1(=O)=O. The maximum atomic E-state index is 13.3. The molecule has 1 fully saturated rings. The Morgan fingerprint density at radius 2 is 1.94 bits per heavy atom. The number of carbonyl (C=O) groups excluding carboxylic acids is 2. The van der Waals surface area contributed by atoms with Crippen LogP contribution in [0.25, 0.3) is 0 Å². The van der Waals surface area contributed by atoms with E-state index in [4.69, 9.17) is 22.1 Å². The van der Waals surface area contributed by atoms with E-state index in [0.717, 1.165) is 68.5 Å². The van der Waals surface area contributed by atoms with Gasteiger partial charge in [-0.15, -0.1) is 0 Å². The van der Waals surface area contributed by atoms with E-state index in [-0.39, 0.29) is 17.3 Å². The van der Waals surface area contributed by atoms with Gasteiger partial charge in [0.05, 0.1) is 24.2 Å². The molecule has 2 aliphatic carbocycles. The summed E-state index contributed by atoms with van der Waals surface area (Å²) in [5.74, 6) is 0.559. The van der Waals surface area contributed by atoms with Crippen molar-refractivity contribution >= 4 is 39.5 Å². The molecule has 2 aromatic carbocycles. The van der Waals surface area contributed by atoms with E-state index in [1.807, 2.05) is 13.0 Å². The molecule has 11 heteroatoms. The van der Waals surface area contributed by atoms with Crippen LogP contribution in [0.1, 0.15) is 80.3 Å². The van der Waals surface area contributed by atoms with Gasteiger partial charge in [0.25, 0.3) is 5.91 Å². The van der Waals surface area contributed by atoms with Crippen LogP contribution in [0.4, 0.5) is 5.69 Å². The minimum absolute atomic E-state index is 0.0315. The largest absolute Gasteiger partial charge is 0.490 e. The van der Waals surface area contributed by atoms with Crippen molar-refractivity contribution in [2.24, 2.45) is 29.4 Å². The van der Waals surface area contributed by atoms with Gasteiger partial charge in [-0.3, -0.25) is 4.79 Å². The topological polar surface area (TPSA) is 128 Å². The molecule has 1 amide bonds. The van der Waals surface area contributed by atoms with Gasteiger partial charge in [-0.2, -0.15) is 0 Å². The summed E-state index contributed by atoms with van der Waals surface area (Å²) in [6, 6.07) is 11.4. The molecule has 2 aromatic rings. The number of hydrogen-bond donors (Lipinski definition) is 2. The van der Waals surface area contributed by atoms with E-state index in [1.165, 1.54) is 11.1 Å². The molecule has 258 valence electrons. The third-order valence-electron chi connectivity index (χ3n) is 11.0. The fourth-order valence-electron chi connectivity index (χ4n) is 7.92. The highest BCUT2D eigenvalue weighted by molar-refractivity contribution is 7.90. The molecule has 2 bridgehead atoms. The minimum Gasteiger partial charge on any atom is -0.490 e. The Hall–Kier alpha value is -2.66. The first-order valence-electron chi connectivity index (χ1n) is 17.0. The molecule has 0 radical (unpaired) electrons. The highest BCUT2D eigenvalue weighted by atomic mass is 35.5. The fraction of sp³-hybridized carbons (Fsp3) is 0.611. The van der Waals surface area contributed by atoms with Crippen LogP contribution in [0.15, 0.2) is 36.4 Å². The van der Waals surface area contributed by atoms with E-state index in [0.29, 0.717) is 55.9 Å². The lowest BCUT2D eigenvalue weighted by atomic mass is 9.65. The number of nitrogens with one attached hydrogen (secondary N) is 1. The summed E-state index contributed by atoms with van der Waals surface area (Å²) in [6.45, 7) is 6.82. The van der Waals surface area contributed by atoms with Crippen LogP contribution in [0.5, 0.6) is 5.75 Å². The summed E-state index contributed by atoms with van der Waals surface area (Å²) in [6.07, 6.45) is 8.43. The van der Waals surface area contributed by atoms with Crippen molar-refractivity contribution in [3.63, 3.8) is 0 Å². The number of fused-ring (bicyclic) bond motifs is 4. The van der Waals surface area contributed by atoms with E-state index < -0.39 is 21.2 Å². The van der Waals surface area contributed by atoms with Gasteiger partial charge in [0, 0.05) is 48.7 Å². The zero-order valence-corrected chi connectivity index (χ0v) is 29.5. The highest BCUT2D eigenvalue weighted by Crippen LogP contribution is 2.47. The van der Waals surface area contributed by atoms with Crippen molar-refractivity contribution in [3.05, 3.63) is 58.1 Å². The monoisotopic (exact) mass is 687 g/mol. The van der Waals surface area contributed by atoms with Gasteiger partial charge in [0.15, 0.2) is 0 Å². The standard InChI is InChI=1S/C33H41ClN2O5S.C3H9NO/c1-21-5-3-6-26(18-37)28-11-8-25(28)17-36-19-33(14-4-7-23-15-27(34)10-12-29(23)33)20-41-31-13-9-24(16-30(31)36)32(38)35-42(39,40)22(21)2;1-5-3-2-4/h9-10,12-13,15-16,18,21-22,25-26,28H,3-8,11,14,17,19-20H2,1-2H3,(H,35,38);2-4H2,1H3/t21-,22+,25-,26-,28+,33-;/m0./s1. The van der Waals surface area contributed by atoms with Crippen molar-refractivity contribution in [1.29, 1.82) is 0 Å². The second-order valence-corrected chi connectivity index (χ2v) is 16.4. The fourth-order valence-corrected chi connectivity index (χ4v) is 9.43. The molecule has 0 unspecified atom stereocenters. The molecule has 1 saturated carbocycles. The summed E-state index contributed by atoms with van der Waals surface area (Å²) >= 11 is 6.39. The number of rotatable bonds is 3. The zero-order valence-electron chi connectivity index (χ0n) is 27.9. The number of nitrogens with zero attached hydrogens (tertiary/aromatic N) is 1. The maximum Gasteiger partial charge on any atom is 0.264 e. The number of hydrogen-bond acceptors (Lipinski definition) is 8. The molecule has 9 nitrogen and oxygen atoms in total. The predicted molar refractivity (Wildman–Crippen MR) is 186 cm³/mol. The van der Waals surface area contributed by atoms with Gasteiger partial charge in [0.1, 0.15) is 12.0 Å². The second-order valence-electron chi connectivity index (χ2n) is 14.0. The first-order valence-corrected chi connectivity index (χ1v) is 18.9. The van der Waals surface area contributed by atoms with E-state index in [1.54, 1.807) is 32.2 Å². The van der Waals surface area contributed by atoms with Gasteiger partial charge in [-0.25, -0.2) is 13.1 Å². The van der Waals surface area contributed by atoms with Crippen molar-refractivity contribution in [2.75, 3.05) is 44.9 Å². The third kappa shape index (κ3) is 7.82. The maximum absolute atomic E-state index is 13.3. The van der Waals surface area contributed by atoms with E-state index in [2.05, 4.69) is 26.5 Å². The highest BCUT2D eigenvalue weighted by Gasteiger charge is 2.44. The number of benzene rings is 2. The number of ether oxygens (including phenoxy) is 2. The van der Waals surface area contributed by atoms with E-state index in [9.17, 15) is 18.0 Å². The first-order chi connectivity index (χ1) is 22.5. The molecule has 0 saturated heterocycles. The molecule has 4 aliphatic rings. The van der Waals surface area contributed by atoms with Crippen LogP contribution < -0.4 is 20.1 Å². The van der Waals surface area contributed by atoms with Crippen LogP contribution in [-0.2, 0) is 31.4 Å². The Morgan fingerprint density at radius 1 is 1.13 bits per heavy atom. The van der Waals surface area contributed by atoms with E-state index >= 15 is 0 Å². The second kappa shape index (κ2) is 15.3. The molecule has 6 rings (SSSR count). The molecule has 2 aliphatic heterocycles. The normalized spacial score (nSPS) is 30.2. The molecule has 0 aromatic heterocycles. The Morgan fingerprint density at radius 3 is 2.62 bits per heavy atom. The number of nitrogens with two attached hydrogens (primary N) is 1. The summed E-state index contributed by atoms with van der Waals surface area (Å²) in [5.41, 5.74) is 8.38. The molecular formula is C36H50ClN3O6S. The zero-order chi connectivity index (χ0) is 33.8. The average Bonchev–Trinajstić information content (AvgIpc) is 3.18. The van der Waals surface area contributed by atoms with Gasteiger partial charge in [-0.1, -0.05) is 31.0 Å². The van der Waals surface area contributed by atoms with Crippen LogP contribution in [0.3, 0.4) is 0 Å². The number of aldehydes is 1. The summed E-state index contributed by atoms with van der Waals surface area (Å²) in [7, 11) is -2.26. The van der Waals surface area contributed by atoms with Gasteiger partial charge in [-0.05, 0) is 111 Å². The first kappa shape index (κ1) is 35.6. The number of aryl methyl sites for hydroxylation is 1. The summed E-state index contributed by atoms with van der Waals surface area (Å²) in [5, 5.41) is 0.000975. The Labute approximate surface area is 284 Å². The summed E-state index contributed by atoms with van der Waals surface area (Å²) in [4.78, 5) is 28.0. The molecule has 47 heavy (non-hydrogen) atoms. The number of sulfonamides is 1. The van der Waals surface area contributed by atoms with Crippen molar-refractivity contribution in [2.45, 2.75) is 75.9 Å². The third-order valence-corrected chi connectivity index (χ3v) is 13.1. The molecule has 1 spiro atoms. The lowest BCUT2D eigenvalue weighted by molar-refractivity contribution is -0.115. The lowest BCUT2D eigenvalue weighted by Crippen LogP contribution is -2.49. The molecule has 2 heterocycles. The van der Waals surface area contributed by atoms with Crippen LogP contribution in [0.2, 0.25) is 5.02 Å². The Balaban J connectivity index is 0.000000807. The smallest absolute Gasteiger partial charge is 0.264 e. The minimum atomic E-state index is -3.89. The number of amides is 1. The van der Waals surface area contributed by atoms with Crippen LogP contribution in [-0.4, -0.2) is 65.8 Å². The quantitative estimate of drug-likeness (QED) is 0.404. The van der Waals surface area contributed by atoms with Crippen molar-refractivity contribution < 1.29 is 27.5 Å². The summed E-state index contributed by atoms with van der Waals surface area (Å²) < 4.78 is 39.8.